The molecule has 0 spiro atoms. The molecule has 2 unspecified atom stereocenters. The van der Waals surface area contributed by atoms with Gasteiger partial charge in [-0.1, -0.05) is 18.2 Å². The Labute approximate surface area is 143 Å². The molecular weight excluding hydrogens is 308 g/mol. The summed E-state index contributed by atoms with van der Waals surface area (Å²) in [5.74, 6) is 1.03. The third kappa shape index (κ3) is 4.69. The van der Waals surface area contributed by atoms with Crippen LogP contribution in [0, 0.1) is 5.92 Å². The van der Waals surface area contributed by atoms with E-state index >= 15 is 0 Å². The van der Waals surface area contributed by atoms with Gasteiger partial charge >= 0.3 is 0 Å². The van der Waals surface area contributed by atoms with Crippen molar-refractivity contribution in [3.05, 3.63) is 30.3 Å². The smallest absolute Gasteiger partial charge is 0.228 e. The van der Waals surface area contributed by atoms with Gasteiger partial charge in [0.2, 0.25) is 5.91 Å². The second kappa shape index (κ2) is 8.46. The van der Waals surface area contributed by atoms with Crippen LogP contribution < -0.4 is 4.74 Å². The Hall–Kier alpha value is -1.63. The molecule has 1 amide bonds. The van der Waals surface area contributed by atoms with E-state index < -0.39 is 6.10 Å². The fourth-order valence-corrected chi connectivity index (χ4v) is 3.20. The lowest BCUT2D eigenvalue weighted by Crippen LogP contribution is -2.52. The molecule has 0 saturated carbocycles. The number of hydrogen-bond acceptors (Lipinski definition) is 5. The van der Waals surface area contributed by atoms with Crippen LogP contribution in [0.15, 0.2) is 30.3 Å². The first kappa shape index (κ1) is 17.2. The lowest BCUT2D eigenvalue weighted by atomic mass is 10.1. The predicted molar refractivity (Wildman–Crippen MR) is 89.9 cm³/mol. The second-order valence-corrected chi connectivity index (χ2v) is 6.46. The largest absolute Gasteiger partial charge is 0.491 e. The number of ether oxygens (including phenoxy) is 2. The number of β-amino-alcohol motifs (C(OH)–C–C–N with tert-alkyl or cyclic N) is 1. The van der Waals surface area contributed by atoms with E-state index in [2.05, 4.69) is 4.90 Å². The maximum Gasteiger partial charge on any atom is 0.228 e. The minimum Gasteiger partial charge on any atom is -0.491 e. The lowest BCUT2D eigenvalue weighted by Gasteiger charge is -2.36. The first-order chi connectivity index (χ1) is 11.7. The fraction of sp³-hybridized carbons (Fsp3) is 0.611. The maximum absolute atomic E-state index is 12.3. The Morgan fingerprint density at radius 3 is 2.67 bits per heavy atom. The molecule has 2 aliphatic rings. The van der Waals surface area contributed by atoms with Gasteiger partial charge in [-0.3, -0.25) is 9.69 Å². The topological polar surface area (TPSA) is 62.2 Å². The van der Waals surface area contributed by atoms with E-state index in [1.54, 1.807) is 0 Å². The number of aliphatic hydroxyl groups is 1. The van der Waals surface area contributed by atoms with Crippen LogP contribution in [0.2, 0.25) is 0 Å². The number of rotatable bonds is 6. The third-order valence-electron chi connectivity index (χ3n) is 4.62. The molecule has 6 nitrogen and oxygen atoms in total. The molecule has 2 heterocycles. The standard InChI is InChI=1S/C18H26N2O4/c21-16(14-24-17-4-2-1-3-5-17)12-19-7-9-20(10-8-19)18(22)15-6-11-23-13-15/h1-5,15-16,21H,6-14H2. The van der Waals surface area contributed by atoms with Gasteiger partial charge in [-0.2, -0.15) is 0 Å². The van der Waals surface area contributed by atoms with Gasteiger partial charge in [0.25, 0.3) is 0 Å². The molecule has 0 bridgehead atoms. The molecule has 2 atom stereocenters. The van der Waals surface area contributed by atoms with Crippen LogP contribution in [-0.4, -0.2) is 79.5 Å². The van der Waals surface area contributed by atoms with Crippen LogP contribution in [-0.2, 0) is 9.53 Å². The molecule has 1 aromatic rings. The molecule has 0 radical (unpaired) electrons. The van der Waals surface area contributed by atoms with E-state index in [1.165, 1.54) is 0 Å². The molecule has 2 fully saturated rings. The summed E-state index contributed by atoms with van der Waals surface area (Å²) >= 11 is 0. The Balaban J connectivity index is 1.36. The van der Waals surface area contributed by atoms with Crippen molar-refractivity contribution in [2.75, 3.05) is 52.5 Å². The molecule has 2 aliphatic heterocycles. The quantitative estimate of drug-likeness (QED) is 0.826. The lowest BCUT2D eigenvalue weighted by molar-refractivity contribution is -0.137. The molecule has 0 aliphatic carbocycles. The van der Waals surface area contributed by atoms with Crippen molar-refractivity contribution in [3.63, 3.8) is 0 Å². The van der Waals surface area contributed by atoms with E-state index in [0.29, 0.717) is 19.8 Å². The number of aliphatic hydroxyl groups excluding tert-OH is 1. The Morgan fingerprint density at radius 2 is 2.00 bits per heavy atom. The first-order valence-electron chi connectivity index (χ1n) is 8.67. The third-order valence-corrected chi connectivity index (χ3v) is 4.62. The zero-order valence-corrected chi connectivity index (χ0v) is 14.0. The molecule has 6 heteroatoms. The zero-order chi connectivity index (χ0) is 16.8. The molecule has 1 aromatic carbocycles. The number of benzene rings is 1. The summed E-state index contributed by atoms with van der Waals surface area (Å²) in [6.45, 7) is 5.15. The first-order valence-corrected chi connectivity index (χ1v) is 8.67. The monoisotopic (exact) mass is 334 g/mol. The van der Waals surface area contributed by atoms with Crippen molar-refractivity contribution in [3.8, 4) is 5.75 Å². The van der Waals surface area contributed by atoms with Crippen LogP contribution in [0.5, 0.6) is 5.75 Å². The average Bonchev–Trinajstić information content (AvgIpc) is 3.16. The summed E-state index contributed by atoms with van der Waals surface area (Å²) in [7, 11) is 0. The Kier molecular flexibility index (Phi) is 6.07. The van der Waals surface area contributed by atoms with Gasteiger partial charge in [0.05, 0.1) is 12.5 Å². The van der Waals surface area contributed by atoms with Crippen molar-refractivity contribution < 1.29 is 19.4 Å². The van der Waals surface area contributed by atoms with Crippen LogP contribution in [0.3, 0.4) is 0 Å². The van der Waals surface area contributed by atoms with Crippen LogP contribution in [0.4, 0.5) is 0 Å². The highest BCUT2D eigenvalue weighted by molar-refractivity contribution is 5.79. The minimum atomic E-state index is -0.532. The maximum atomic E-state index is 12.3. The van der Waals surface area contributed by atoms with Crippen molar-refractivity contribution >= 4 is 5.91 Å². The van der Waals surface area contributed by atoms with E-state index in [9.17, 15) is 9.90 Å². The van der Waals surface area contributed by atoms with Gasteiger partial charge in [-0.05, 0) is 18.6 Å². The van der Waals surface area contributed by atoms with Crippen molar-refractivity contribution in [2.24, 2.45) is 5.92 Å². The van der Waals surface area contributed by atoms with Crippen LogP contribution in [0.1, 0.15) is 6.42 Å². The molecule has 2 saturated heterocycles. The fourth-order valence-electron chi connectivity index (χ4n) is 3.20. The summed E-state index contributed by atoms with van der Waals surface area (Å²) in [6, 6.07) is 9.51. The van der Waals surface area contributed by atoms with Gasteiger partial charge in [-0.15, -0.1) is 0 Å². The molecule has 132 valence electrons. The summed E-state index contributed by atoms with van der Waals surface area (Å²) < 4.78 is 10.9. The summed E-state index contributed by atoms with van der Waals surface area (Å²) in [4.78, 5) is 16.5. The number of piperazine rings is 1. The number of para-hydroxylation sites is 1. The summed E-state index contributed by atoms with van der Waals surface area (Å²) in [5, 5.41) is 10.1. The van der Waals surface area contributed by atoms with Gasteiger partial charge in [0, 0.05) is 39.3 Å². The number of amides is 1. The van der Waals surface area contributed by atoms with Gasteiger partial charge in [-0.25, -0.2) is 0 Å². The predicted octanol–water partition coefficient (Wildman–Crippen LogP) is 0.607. The van der Waals surface area contributed by atoms with Crippen molar-refractivity contribution in [1.29, 1.82) is 0 Å². The normalized spacial score (nSPS) is 23.2. The minimum absolute atomic E-state index is 0.0430. The number of nitrogens with zero attached hydrogens (tertiary/aromatic N) is 2. The van der Waals surface area contributed by atoms with Crippen LogP contribution in [0.25, 0.3) is 0 Å². The van der Waals surface area contributed by atoms with Crippen LogP contribution >= 0.6 is 0 Å². The number of carbonyl (C=O) groups excluding carboxylic acids is 1. The van der Waals surface area contributed by atoms with Crippen molar-refractivity contribution in [2.45, 2.75) is 12.5 Å². The van der Waals surface area contributed by atoms with Gasteiger partial charge in [0.15, 0.2) is 0 Å². The molecule has 3 rings (SSSR count). The Morgan fingerprint density at radius 1 is 1.25 bits per heavy atom. The van der Waals surface area contributed by atoms with E-state index in [1.807, 2.05) is 35.2 Å². The highest BCUT2D eigenvalue weighted by Gasteiger charge is 2.30. The summed E-state index contributed by atoms with van der Waals surface area (Å²) in [6.07, 6.45) is 0.310. The molecule has 24 heavy (non-hydrogen) atoms. The van der Waals surface area contributed by atoms with E-state index in [-0.39, 0.29) is 18.4 Å². The molecule has 0 aromatic heterocycles. The van der Waals surface area contributed by atoms with Gasteiger partial charge in [0.1, 0.15) is 18.5 Å². The second-order valence-electron chi connectivity index (χ2n) is 6.46. The average molecular weight is 334 g/mol. The Bertz CT molecular complexity index is 511. The van der Waals surface area contributed by atoms with Gasteiger partial charge < -0.3 is 19.5 Å². The highest BCUT2D eigenvalue weighted by atomic mass is 16.5. The zero-order valence-electron chi connectivity index (χ0n) is 14.0. The molecule has 1 N–H and O–H groups in total. The molecular formula is C18H26N2O4. The number of hydrogen-bond donors (Lipinski definition) is 1. The van der Waals surface area contributed by atoms with Crippen molar-refractivity contribution in [1.82, 2.24) is 9.80 Å². The highest BCUT2D eigenvalue weighted by Crippen LogP contribution is 2.17. The summed E-state index contributed by atoms with van der Waals surface area (Å²) in [5.41, 5.74) is 0. The van der Waals surface area contributed by atoms with E-state index in [0.717, 1.165) is 38.3 Å². The number of carbonyl (C=O) groups is 1. The SMILES string of the molecule is O=C(C1CCOC1)N1CCN(CC(O)COc2ccccc2)CC1. The van der Waals surface area contributed by atoms with E-state index in [4.69, 9.17) is 9.47 Å².